The number of hydrogen-bond acceptors (Lipinski definition) is 10. The molecule has 0 saturated carbocycles. The zero-order chi connectivity index (χ0) is 25.4. The van der Waals surface area contributed by atoms with Gasteiger partial charge in [-0.2, -0.15) is 5.26 Å². The van der Waals surface area contributed by atoms with Crippen molar-refractivity contribution in [1.82, 2.24) is 15.0 Å². The molecule has 11 nitrogen and oxygen atoms in total. The van der Waals surface area contributed by atoms with Crippen LogP contribution in [-0.2, 0) is 9.47 Å². The number of nitriles is 1. The van der Waals surface area contributed by atoms with Crippen LogP contribution in [0.3, 0.4) is 0 Å². The van der Waals surface area contributed by atoms with Crippen molar-refractivity contribution < 1.29 is 14.4 Å². The third-order valence-electron chi connectivity index (χ3n) is 4.93. The van der Waals surface area contributed by atoms with Crippen LogP contribution in [0.15, 0.2) is 22.4 Å². The highest BCUT2D eigenvalue weighted by Crippen LogP contribution is 2.31. The quantitative estimate of drug-likeness (QED) is 0.213. The summed E-state index contributed by atoms with van der Waals surface area (Å²) < 4.78 is 9.45. The average Bonchev–Trinajstić information content (AvgIpc) is 2.82. The van der Waals surface area contributed by atoms with E-state index in [1.807, 2.05) is 19.9 Å². The molecule has 0 atom stereocenters. The number of aryl methyl sites for hydroxylation is 1. The standard InChI is InChI=1S/C13H11ClN4O.C9H11N3O3/c1-7-8(2)13(17-6-19-3)18-12-10(14)9(4-15)5-16-11(7)12;1-6-7(2)9(11-5-15-3)10-4-8(6)12(13)14/h5-6H,1-3H3;4-5H,1-3H3. The number of fused-ring (bicyclic) bond motifs is 1. The van der Waals surface area contributed by atoms with E-state index in [-0.39, 0.29) is 5.69 Å². The Kier molecular flexibility index (Phi) is 8.92. The molecule has 3 aromatic heterocycles. The lowest BCUT2D eigenvalue weighted by Gasteiger charge is -2.09. The van der Waals surface area contributed by atoms with Crippen LogP contribution in [0, 0.1) is 49.1 Å². The first-order valence-electron chi connectivity index (χ1n) is 9.74. The van der Waals surface area contributed by atoms with Crippen molar-refractivity contribution in [2.24, 2.45) is 9.98 Å². The number of aromatic nitrogens is 3. The van der Waals surface area contributed by atoms with E-state index in [0.29, 0.717) is 44.4 Å². The van der Waals surface area contributed by atoms with E-state index in [4.69, 9.17) is 21.6 Å². The van der Waals surface area contributed by atoms with Gasteiger partial charge in [0.2, 0.25) is 0 Å². The normalized spacial score (nSPS) is 10.8. The van der Waals surface area contributed by atoms with Crippen molar-refractivity contribution in [3.63, 3.8) is 0 Å². The first-order chi connectivity index (χ1) is 16.2. The molecule has 3 rings (SSSR count). The molecule has 0 aliphatic rings. The van der Waals surface area contributed by atoms with Crippen LogP contribution >= 0.6 is 11.6 Å². The predicted octanol–water partition coefficient (Wildman–Crippen LogP) is 4.99. The van der Waals surface area contributed by atoms with Crippen LogP contribution < -0.4 is 0 Å². The Hall–Kier alpha value is -4.17. The molecule has 0 saturated heterocycles. The lowest BCUT2D eigenvalue weighted by atomic mass is 10.1. The van der Waals surface area contributed by atoms with E-state index in [0.717, 1.165) is 11.1 Å². The summed E-state index contributed by atoms with van der Waals surface area (Å²) in [6.45, 7) is 7.22. The maximum atomic E-state index is 10.6. The number of ether oxygens (including phenoxy) is 2. The Morgan fingerprint density at radius 1 is 0.971 bits per heavy atom. The van der Waals surface area contributed by atoms with Gasteiger partial charge in [0.25, 0.3) is 5.69 Å². The van der Waals surface area contributed by atoms with Gasteiger partial charge in [0.1, 0.15) is 17.8 Å². The van der Waals surface area contributed by atoms with Crippen molar-refractivity contribution in [3.05, 3.63) is 55.3 Å². The first kappa shape index (κ1) is 26.1. The zero-order valence-corrected chi connectivity index (χ0v) is 20.2. The molecular weight excluding hydrogens is 462 g/mol. The van der Waals surface area contributed by atoms with Gasteiger partial charge in [0, 0.05) is 17.3 Å². The summed E-state index contributed by atoms with van der Waals surface area (Å²) in [7, 11) is 2.98. The van der Waals surface area contributed by atoms with Crippen LogP contribution in [0.4, 0.5) is 17.3 Å². The number of methoxy groups -OCH3 is 2. The first-order valence-corrected chi connectivity index (χ1v) is 10.1. The van der Waals surface area contributed by atoms with Crippen LogP contribution in [0.1, 0.15) is 27.8 Å². The summed E-state index contributed by atoms with van der Waals surface area (Å²) in [4.78, 5) is 30.6. The van der Waals surface area contributed by atoms with Crippen LogP contribution in [0.2, 0.25) is 5.02 Å². The molecule has 176 valence electrons. The average molecular weight is 484 g/mol. The number of nitrogens with zero attached hydrogens (tertiary/aromatic N) is 7. The molecule has 0 spiro atoms. The van der Waals surface area contributed by atoms with E-state index in [1.54, 1.807) is 13.8 Å². The number of pyridine rings is 3. The van der Waals surface area contributed by atoms with Gasteiger partial charge in [-0.3, -0.25) is 15.1 Å². The predicted molar refractivity (Wildman–Crippen MR) is 129 cm³/mol. The fraction of sp³-hybridized carbons (Fsp3) is 0.273. The molecule has 0 radical (unpaired) electrons. The second-order valence-corrected chi connectivity index (χ2v) is 7.27. The molecule has 0 aromatic carbocycles. The highest BCUT2D eigenvalue weighted by Gasteiger charge is 2.16. The Labute approximate surface area is 200 Å². The highest BCUT2D eigenvalue weighted by atomic mass is 35.5. The van der Waals surface area contributed by atoms with Crippen LogP contribution in [0.25, 0.3) is 11.0 Å². The molecule has 12 heteroatoms. The van der Waals surface area contributed by atoms with Crippen molar-refractivity contribution >= 4 is 52.8 Å². The summed E-state index contributed by atoms with van der Waals surface area (Å²) in [5.41, 5.74) is 4.53. The maximum Gasteiger partial charge on any atom is 0.290 e. The van der Waals surface area contributed by atoms with E-state index < -0.39 is 4.92 Å². The lowest BCUT2D eigenvalue weighted by molar-refractivity contribution is -0.385. The molecule has 0 aliphatic carbocycles. The van der Waals surface area contributed by atoms with E-state index in [9.17, 15) is 10.1 Å². The maximum absolute atomic E-state index is 10.6. The second-order valence-electron chi connectivity index (χ2n) is 6.89. The van der Waals surface area contributed by atoms with E-state index >= 15 is 0 Å². The molecule has 3 heterocycles. The van der Waals surface area contributed by atoms with Gasteiger partial charge in [-0.1, -0.05) is 11.6 Å². The molecule has 0 fully saturated rings. The minimum absolute atomic E-state index is 0.00358. The second kappa shape index (κ2) is 11.6. The van der Waals surface area contributed by atoms with Gasteiger partial charge in [-0.25, -0.2) is 20.0 Å². The largest absolute Gasteiger partial charge is 0.486 e. The van der Waals surface area contributed by atoms with Gasteiger partial charge < -0.3 is 9.47 Å². The lowest BCUT2D eigenvalue weighted by Crippen LogP contribution is -1.96. The number of hydrogen-bond donors (Lipinski definition) is 0. The third-order valence-corrected chi connectivity index (χ3v) is 5.31. The Morgan fingerprint density at radius 3 is 2.12 bits per heavy atom. The van der Waals surface area contributed by atoms with Crippen molar-refractivity contribution in [2.75, 3.05) is 14.2 Å². The molecule has 0 aliphatic heterocycles. The number of halogens is 1. The Bertz CT molecular complexity index is 1330. The van der Waals surface area contributed by atoms with E-state index in [1.165, 1.54) is 39.4 Å². The molecule has 0 amide bonds. The number of rotatable bonds is 5. The summed E-state index contributed by atoms with van der Waals surface area (Å²) >= 11 is 6.16. The van der Waals surface area contributed by atoms with Gasteiger partial charge >= 0.3 is 0 Å². The molecule has 0 unspecified atom stereocenters. The SMILES string of the molecule is COC=Nc1nc2c(Cl)c(C#N)cnc2c(C)c1C.COC=Nc1ncc([N+](=O)[O-])c(C)c1C. The topological polar surface area (TPSA) is 149 Å². The molecule has 3 aromatic rings. The highest BCUT2D eigenvalue weighted by molar-refractivity contribution is 6.36. The minimum atomic E-state index is -0.459. The fourth-order valence-electron chi connectivity index (χ4n) is 2.79. The zero-order valence-electron chi connectivity index (χ0n) is 19.5. The molecule has 0 N–H and O–H groups in total. The third kappa shape index (κ3) is 5.60. The van der Waals surface area contributed by atoms with Gasteiger partial charge in [-0.05, 0) is 38.8 Å². The van der Waals surface area contributed by atoms with Gasteiger partial charge in [0.05, 0.1) is 35.2 Å². The van der Waals surface area contributed by atoms with Crippen LogP contribution in [0.5, 0.6) is 0 Å². The Morgan fingerprint density at radius 2 is 1.56 bits per heavy atom. The van der Waals surface area contributed by atoms with Crippen molar-refractivity contribution in [2.45, 2.75) is 27.7 Å². The monoisotopic (exact) mass is 483 g/mol. The summed E-state index contributed by atoms with van der Waals surface area (Å²) in [6.07, 6.45) is 5.19. The fourth-order valence-corrected chi connectivity index (χ4v) is 3.01. The number of nitro groups is 1. The summed E-state index contributed by atoms with van der Waals surface area (Å²) in [5.74, 6) is 0.936. The minimum Gasteiger partial charge on any atom is -0.486 e. The smallest absolute Gasteiger partial charge is 0.290 e. The summed E-state index contributed by atoms with van der Waals surface area (Å²) in [5, 5.41) is 19.9. The number of aliphatic imine (C=N–C) groups is 2. The van der Waals surface area contributed by atoms with Gasteiger partial charge in [-0.15, -0.1) is 0 Å². The molecule has 34 heavy (non-hydrogen) atoms. The summed E-state index contributed by atoms with van der Waals surface area (Å²) in [6, 6.07) is 1.99. The van der Waals surface area contributed by atoms with Gasteiger partial charge in [0.15, 0.2) is 24.4 Å². The van der Waals surface area contributed by atoms with Crippen molar-refractivity contribution in [3.8, 4) is 6.07 Å². The van der Waals surface area contributed by atoms with Crippen LogP contribution in [-0.4, -0.2) is 46.9 Å². The van der Waals surface area contributed by atoms with E-state index in [2.05, 4.69) is 29.7 Å². The molecule has 0 bridgehead atoms. The van der Waals surface area contributed by atoms with Crippen molar-refractivity contribution in [1.29, 1.82) is 5.26 Å². The Balaban J connectivity index is 0.000000248. The molecular formula is C22H22ClN7O4.